The average Bonchev–Trinajstić information content (AvgIpc) is 2.63. The van der Waals surface area contributed by atoms with E-state index in [-0.39, 0.29) is 11.8 Å². The van der Waals surface area contributed by atoms with Crippen LogP contribution in [0.1, 0.15) is 12.5 Å². The van der Waals surface area contributed by atoms with Gasteiger partial charge in [-0.3, -0.25) is 4.99 Å². The lowest BCUT2D eigenvalue weighted by Gasteiger charge is -2.10. The van der Waals surface area contributed by atoms with Crippen LogP contribution in [0.15, 0.2) is 29.3 Å². The number of hydrogen-bond acceptors (Lipinski definition) is 3. The van der Waals surface area contributed by atoms with Gasteiger partial charge in [0.1, 0.15) is 11.6 Å². The molecule has 0 bridgehead atoms. The van der Waals surface area contributed by atoms with E-state index >= 15 is 0 Å². The number of ether oxygens (including phenoxy) is 1. The third-order valence-electron chi connectivity index (χ3n) is 2.27. The van der Waals surface area contributed by atoms with Gasteiger partial charge in [0, 0.05) is 11.6 Å². The van der Waals surface area contributed by atoms with E-state index in [0.29, 0.717) is 12.4 Å². The van der Waals surface area contributed by atoms with E-state index in [9.17, 15) is 13.2 Å². The van der Waals surface area contributed by atoms with Gasteiger partial charge in [-0.15, -0.1) is 13.2 Å². The van der Waals surface area contributed by atoms with Crippen molar-refractivity contribution in [2.75, 3.05) is 6.54 Å². The number of hydrogen-bond donors (Lipinski definition) is 1. The Kier molecular flexibility index (Phi) is 2.95. The fourth-order valence-electron chi connectivity index (χ4n) is 1.54. The van der Waals surface area contributed by atoms with Crippen molar-refractivity contribution in [1.29, 1.82) is 0 Å². The number of halogens is 3. The predicted molar refractivity (Wildman–Crippen MR) is 57.1 cm³/mol. The van der Waals surface area contributed by atoms with Gasteiger partial charge < -0.3 is 10.1 Å². The number of nitrogens with one attached hydrogen (secondary N) is 1. The molecule has 1 aliphatic heterocycles. The molecular weight excluding hydrogens is 233 g/mol. The van der Waals surface area contributed by atoms with Crippen LogP contribution in [0.4, 0.5) is 13.2 Å². The summed E-state index contributed by atoms with van der Waals surface area (Å²) in [6.07, 6.45) is -4.65. The molecule has 0 aliphatic carbocycles. The summed E-state index contributed by atoms with van der Waals surface area (Å²) in [6.45, 7) is 2.66. The molecule has 1 aliphatic rings. The van der Waals surface area contributed by atoms with Crippen molar-refractivity contribution in [3.8, 4) is 5.75 Å². The molecule has 0 amide bonds. The SMILES string of the molecule is CC1CN=C(c2ccc(OC(F)(F)F)cc2)N1. The number of nitrogens with zero attached hydrogens (tertiary/aromatic N) is 1. The maximum absolute atomic E-state index is 11.9. The van der Waals surface area contributed by atoms with Crippen molar-refractivity contribution < 1.29 is 17.9 Å². The molecule has 92 valence electrons. The van der Waals surface area contributed by atoms with Crippen molar-refractivity contribution in [3.05, 3.63) is 29.8 Å². The summed E-state index contributed by atoms with van der Waals surface area (Å²) in [4.78, 5) is 4.23. The van der Waals surface area contributed by atoms with Crippen molar-refractivity contribution in [2.45, 2.75) is 19.3 Å². The fraction of sp³-hybridized carbons (Fsp3) is 0.364. The molecule has 1 aromatic rings. The zero-order valence-electron chi connectivity index (χ0n) is 9.08. The number of aliphatic imine (C=N–C) groups is 1. The summed E-state index contributed by atoms with van der Waals surface area (Å²) in [5.74, 6) is 0.476. The Morgan fingerprint density at radius 2 is 1.94 bits per heavy atom. The molecule has 0 saturated carbocycles. The van der Waals surface area contributed by atoms with Crippen LogP contribution in [0.5, 0.6) is 5.75 Å². The number of benzene rings is 1. The average molecular weight is 244 g/mol. The molecule has 0 fully saturated rings. The first-order valence-corrected chi connectivity index (χ1v) is 5.11. The highest BCUT2D eigenvalue weighted by Crippen LogP contribution is 2.23. The lowest BCUT2D eigenvalue weighted by molar-refractivity contribution is -0.274. The molecule has 2 rings (SSSR count). The Labute approximate surface area is 96.3 Å². The van der Waals surface area contributed by atoms with Crippen molar-refractivity contribution in [3.63, 3.8) is 0 Å². The maximum atomic E-state index is 11.9. The van der Waals surface area contributed by atoms with Gasteiger partial charge in [-0.2, -0.15) is 0 Å². The van der Waals surface area contributed by atoms with Gasteiger partial charge in [-0.25, -0.2) is 0 Å². The number of rotatable bonds is 2. The Bertz CT molecular complexity index is 425. The Morgan fingerprint density at radius 1 is 1.29 bits per heavy atom. The number of alkyl halides is 3. The van der Waals surface area contributed by atoms with Crippen LogP contribution in [0.3, 0.4) is 0 Å². The standard InChI is InChI=1S/C11H11F3N2O/c1-7-6-15-10(16-7)8-2-4-9(5-3-8)17-11(12,13)14/h2-5,7H,6H2,1H3,(H,15,16). The summed E-state index contributed by atoms with van der Waals surface area (Å²) in [5, 5.41) is 3.12. The fourth-order valence-corrected chi connectivity index (χ4v) is 1.54. The quantitative estimate of drug-likeness (QED) is 0.866. The van der Waals surface area contributed by atoms with Gasteiger partial charge in [0.2, 0.25) is 0 Å². The van der Waals surface area contributed by atoms with E-state index < -0.39 is 6.36 Å². The molecule has 0 saturated heterocycles. The Hall–Kier alpha value is -1.72. The Morgan fingerprint density at radius 3 is 2.41 bits per heavy atom. The summed E-state index contributed by atoms with van der Waals surface area (Å²) >= 11 is 0. The smallest absolute Gasteiger partial charge is 0.406 e. The highest BCUT2D eigenvalue weighted by Gasteiger charge is 2.31. The minimum Gasteiger partial charge on any atom is -0.406 e. The van der Waals surface area contributed by atoms with E-state index in [4.69, 9.17) is 0 Å². The van der Waals surface area contributed by atoms with E-state index in [2.05, 4.69) is 15.0 Å². The van der Waals surface area contributed by atoms with Gasteiger partial charge in [-0.05, 0) is 31.2 Å². The zero-order valence-corrected chi connectivity index (χ0v) is 9.08. The molecule has 0 spiro atoms. The second kappa shape index (κ2) is 4.27. The molecule has 17 heavy (non-hydrogen) atoms. The van der Waals surface area contributed by atoms with Crippen LogP contribution < -0.4 is 10.1 Å². The first-order valence-electron chi connectivity index (χ1n) is 5.11. The summed E-state index contributed by atoms with van der Waals surface area (Å²) in [5.41, 5.74) is 0.754. The molecular formula is C11H11F3N2O. The van der Waals surface area contributed by atoms with Crippen molar-refractivity contribution >= 4 is 5.84 Å². The summed E-state index contributed by atoms with van der Waals surface area (Å²) in [7, 11) is 0. The van der Waals surface area contributed by atoms with Crippen LogP contribution >= 0.6 is 0 Å². The first kappa shape index (κ1) is 11.8. The van der Waals surface area contributed by atoms with Gasteiger partial charge in [0.15, 0.2) is 0 Å². The second-order valence-electron chi connectivity index (χ2n) is 3.81. The lowest BCUT2D eigenvalue weighted by Crippen LogP contribution is -2.27. The third-order valence-corrected chi connectivity index (χ3v) is 2.27. The maximum Gasteiger partial charge on any atom is 0.573 e. The lowest BCUT2D eigenvalue weighted by atomic mass is 10.2. The van der Waals surface area contributed by atoms with E-state index in [0.717, 1.165) is 5.56 Å². The normalized spacial score (nSPS) is 19.8. The molecule has 1 aromatic carbocycles. The van der Waals surface area contributed by atoms with Crippen molar-refractivity contribution in [2.24, 2.45) is 4.99 Å². The molecule has 3 nitrogen and oxygen atoms in total. The van der Waals surface area contributed by atoms with Gasteiger partial charge in [0.05, 0.1) is 6.54 Å². The molecule has 1 unspecified atom stereocenters. The molecule has 0 radical (unpaired) electrons. The van der Waals surface area contributed by atoms with Gasteiger partial charge in [-0.1, -0.05) is 0 Å². The van der Waals surface area contributed by atoms with Crippen LogP contribution in [-0.4, -0.2) is 24.8 Å². The van der Waals surface area contributed by atoms with Gasteiger partial charge >= 0.3 is 6.36 Å². The molecule has 1 atom stereocenters. The highest BCUT2D eigenvalue weighted by atomic mass is 19.4. The molecule has 1 N–H and O–H groups in total. The van der Waals surface area contributed by atoms with Crippen LogP contribution in [0, 0.1) is 0 Å². The third kappa shape index (κ3) is 3.12. The molecule has 6 heteroatoms. The minimum absolute atomic E-state index is 0.229. The van der Waals surface area contributed by atoms with Gasteiger partial charge in [0.25, 0.3) is 0 Å². The highest BCUT2D eigenvalue weighted by molar-refractivity contribution is 6.00. The zero-order chi connectivity index (χ0) is 12.5. The predicted octanol–water partition coefficient (Wildman–Crippen LogP) is 2.32. The van der Waals surface area contributed by atoms with E-state index in [1.165, 1.54) is 12.1 Å². The van der Waals surface area contributed by atoms with E-state index in [1.54, 1.807) is 12.1 Å². The number of amidine groups is 1. The van der Waals surface area contributed by atoms with Crippen LogP contribution in [0.25, 0.3) is 0 Å². The topological polar surface area (TPSA) is 33.6 Å². The Balaban J connectivity index is 2.08. The molecule has 0 aromatic heterocycles. The monoisotopic (exact) mass is 244 g/mol. The summed E-state index contributed by atoms with van der Waals surface area (Å²) in [6, 6.07) is 5.90. The van der Waals surface area contributed by atoms with E-state index in [1.807, 2.05) is 6.92 Å². The minimum atomic E-state index is -4.65. The van der Waals surface area contributed by atoms with Crippen LogP contribution in [0.2, 0.25) is 0 Å². The largest absolute Gasteiger partial charge is 0.573 e. The van der Waals surface area contributed by atoms with Crippen molar-refractivity contribution in [1.82, 2.24) is 5.32 Å². The summed E-state index contributed by atoms with van der Waals surface area (Å²) < 4.78 is 39.6. The second-order valence-corrected chi connectivity index (χ2v) is 3.81. The first-order chi connectivity index (χ1) is 7.94. The molecule has 1 heterocycles. The van der Waals surface area contributed by atoms with Crippen LogP contribution in [-0.2, 0) is 0 Å².